The summed E-state index contributed by atoms with van der Waals surface area (Å²) in [6.45, 7) is 9.81. The molecule has 23 heavy (non-hydrogen) atoms. The second-order valence-corrected chi connectivity index (χ2v) is 7.17. The van der Waals surface area contributed by atoms with Gasteiger partial charge in [-0.2, -0.15) is 0 Å². The highest BCUT2D eigenvalue weighted by molar-refractivity contribution is 5.94. The molecule has 4 heteroatoms. The van der Waals surface area contributed by atoms with E-state index in [-0.39, 0.29) is 23.2 Å². The fourth-order valence-electron chi connectivity index (χ4n) is 2.91. The Balaban J connectivity index is 2.06. The summed E-state index contributed by atoms with van der Waals surface area (Å²) in [5, 5.41) is 0. The molecule has 0 aromatic heterocycles. The first-order chi connectivity index (χ1) is 10.8. The third-order valence-corrected chi connectivity index (χ3v) is 4.33. The Morgan fingerprint density at radius 3 is 2.43 bits per heavy atom. The molecule has 0 saturated carbocycles. The first kappa shape index (κ1) is 17.5. The molecule has 1 aliphatic heterocycles. The maximum Gasteiger partial charge on any atom is 0.310 e. The van der Waals surface area contributed by atoms with Crippen molar-refractivity contribution in [3.05, 3.63) is 35.4 Å². The van der Waals surface area contributed by atoms with Gasteiger partial charge in [-0.15, -0.1) is 0 Å². The molecule has 1 fully saturated rings. The molecule has 0 radical (unpaired) electrons. The predicted octanol–water partition coefficient (Wildman–Crippen LogP) is 3.40. The molecule has 1 aromatic carbocycles. The maximum absolute atomic E-state index is 12.7. The summed E-state index contributed by atoms with van der Waals surface area (Å²) in [6.07, 6.45) is 1.64. The average Bonchev–Trinajstić information content (AvgIpc) is 2.54. The van der Waals surface area contributed by atoms with E-state index in [1.165, 1.54) is 5.56 Å². The summed E-state index contributed by atoms with van der Waals surface area (Å²) in [7, 11) is 0. The average molecular weight is 317 g/mol. The van der Waals surface area contributed by atoms with Gasteiger partial charge in [0.2, 0.25) is 0 Å². The molecule has 4 nitrogen and oxygen atoms in total. The van der Waals surface area contributed by atoms with Gasteiger partial charge in [0, 0.05) is 18.7 Å². The monoisotopic (exact) mass is 317 g/mol. The van der Waals surface area contributed by atoms with Crippen molar-refractivity contribution in [1.29, 1.82) is 0 Å². The summed E-state index contributed by atoms with van der Waals surface area (Å²) >= 11 is 0. The van der Waals surface area contributed by atoms with Crippen LogP contribution in [-0.2, 0) is 14.9 Å². The molecule has 0 N–H and O–H groups in total. The lowest BCUT2D eigenvalue weighted by atomic mass is 9.86. The van der Waals surface area contributed by atoms with Crippen LogP contribution in [0.4, 0.5) is 0 Å². The van der Waals surface area contributed by atoms with Crippen LogP contribution in [0.25, 0.3) is 0 Å². The Hall–Kier alpha value is -1.84. The van der Waals surface area contributed by atoms with E-state index in [0.29, 0.717) is 25.3 Å². The third kappa shape index (κ3) is 4.34. The Kier molecular flexibility index (Phi) is 5.45. The molecule has 1 heterocycles. The van der Waals surface area contributed by atoms with Crippen LogP contribution in [-0.4, -0.2) is 36.5 Å². The predicted molar refractivity (Wildman–Crippen MR) is 90.4 cm³/mol. The number of piperidine rings is 1. The van der Waals surface area contributed by atoms with E-state index in [4.69, 9.17) is 4.74 Å². The van der Waals surface area contributed by atoms with Gasteiger partial charge in [-0.05, 0) is 42.9 Å². The molecule has 1 saturated heterocycles. The molecule has 0 spiro atoms. The number of esters is 1. The number of hydrogen-bond acceptors (Lipinski definition) is 3. The largest absolute Gasteiger partial charge is 0.466 e. The van der Waals surface area contributed by atoms with E-state index in [2.05, 4.69) is 20.8 Å². The van der Waals surface area contributed by atoms with Gasteiger partial charge in [-0.3, -0.25) is 9.59 Å². The van der Waals surface area contributed by atoms with Gasteiger partial charge in [0.25, 0.3) is 5.91 Å². The number of carbonyl (C=O) groups is 2. The van der Waals surface area contributed by atoms with Crippen LogP contribution in [0.3, 0.4) is 0 Å². The molecule has 2 rings (SSSR count). The number of ether oxygens (including phenoxy) is 1. The highest BCUT2D eigenvalue weighted by Crippen LogP contribution is 2.24. The van der Waals surface area contributed by atoms with Crippen molar-refractivity contribution in [1.82, 2.24) is 4.90 Å². The van der Waals surface area contributed by atoms with Crippen LogP contribution in [0.2, 0.25) is 0 Å². The fourth-order valence-corrected chi connectivity index (χ4v) is 2.91. The van der Waals surface area contributed by atoms with E-state index < -0.39 is 0 Å². The van der Waals surface area contributed by atoms with Gasteiger partial charge in [0.05, 0.1) is 12.5 Å². The van der Waals surface area contributed by atoms with Crippen LogP contribution in [0.5, 0.6) is 0 Å². The maximum atomic E-state index is 12.7. The molecule has 1 unspecified atom stereocenters. The second-order valence-electron chi connectivity index (χ2n) is 7.17. The molecule has 1 atom stereocenters. The van der Waals surface area contributed by atoms with Gasteiger partial charge in [0.15, 0.2) is 0 Å². The molecule has 0 aliphatic carbocycles. The van der Waals surface area contributed by atoms with Gasteiger partial charge in [-0.1, -0.05) is 32.9 Å². The van der Waals surface area contributed by atoms with Crippen molar-refractivity contribution < 1.29 is 14.3 Å². The Morgan fingerprint density at radius 1 is 1.22 bits per heavy atom. The molecule has 1 aliphatic rings. The minimum atomic E-state index is -0.193. The highest BCUT2D eigenvalue weighted by atomic mass is 16.5. The van der Waals surface area contributed by atoms with Crippen LogP contribution in [0, 0.1) is 5.92 Å². The van der Waals surface area contributed by atoms with Gasteiger partial charge < -0.3 is 9.64 Å². The second kappa shape index (κ2) is 7.16. The smallest absolute Gasteiger partial charge is 0.310 e. The zero-order valence-electron chi connectivity index (χ0n) is 14.6. The van der Waals surface area contributed by atoms with Gasteiger partial charge in [0.1, 0.15) is 0 Å². The SMILES string of the molecule is CCOC(=O)C1CCCN(C(=O)c2ccc(C(C)(C)C)cc2)C1. The summed E-state index contributed by atoms with van der Waals surface area (Å²) in [4.78, 5) is 26.3. The normalized spacial score (nSPS) is 18.6. The minimum Gasteiger partial charge on any atom is -0.466 e. The van der Waals surface area contributed by atoms with E-state index in [0.717, 1.165) is 12.8 Å². The number of hydrogen-bond donors (Lipinski definition) is 0. The summed E-state index contributed by atoms with van der Waals surface area (Å²) in [5.74, 6) is -0.381. The summed E-state index contributed by atoms with van der Waals surface area (Å²) in [6, 6.07) is 7.80. The summed E-state index contributed by atoms with van der Waals surface area (Å²) in [5.41, 5.74) is 1.96. The van der Waals surface area contributed by atoms with Crippen LogP contribution in [0.1, 0.15) is 56.5 Å². The number of rotatable bonds is 3. The van der Waals surface area contributed by atoms with E-state index >= 15 is 0 Å². The third-order valence-electron chi connectivity index (χ3n) is 4.33. The lowest BCUT2D eigenvalue weighted by Crippen LogP contribution is -2.42. The lowest BCUT2D eigenvalue weighted by Gasteiger charge is -2.31. The van der Waals surface area contributed by atoms with Crippen molar-refractivity contribution in [3.63, 3.8) is 0 Å². The molecular formula is C19H27NO3. The molecule has 0 bridgehead atoms. The zero-order chi connectivity index (χ0) is 17.0. The molecule has 1 aromatic rings. The van der Waals surface area contributed by atoms with Gasteiger partial charge >= 0.3 is 5.97 Å². The van der Waals surface area contributed by atoms with Crippen molar-refractivity contribution in [2.45, 2.75) is 46.0 Å². The first-order valence-corrected chi connectivity index (χ1v) is 8.39. The zero-order valence-corrected chi connectivity index (χ0v) is 14.6. The minimum absolute atomic E-state index is 0.000502. The molecule has 1 amide bonds. The van der Waals surface area contributed by atoms with Crippen molar-refractivity contribution in [2.24, 2.45) is 5.92 Å². The van der Waals surface area contributed by atoms with Crippen molar-refractivity contribution in [2.75, 3.05) is 19.7 Å². The Bertz CT molecular complexity index is 557. The molecular weight excluding hydrogens is 290 g/mol. The van der Waals surface area contributed by atoms with Gasteiger partial charge in [-0.25, -0.2) is 0 Å². The fraction of sp³-hybridized carbons (Fsp3) is 0.579. The number of nitrogens with zero attached hydrogens (tertiary/aromatic N) is 1. The number of amides is 1. The molecule has 126 valence electrons. The Morgan fingerprint density at radius 2 is 1.87 bits per heavy atom. The first-order valence-electron chi connectivity index (χ1n) is 8.39. The van der Waals surface area contributed by atoms with Crippen molar-refractivity contribution in [3.8, 4) is 0 Å². The van der Waals surface area contributed by atoms with Crippen molar-refractivity contribution >= 4 is 11.9 Å². The topological polar surface area (TPSA) is 46.6 Å². The number of benzene rings is 1. The van der Waals surface area contributed by atoms with Crippen LogP contribution in [0.15, 0.2) is 24.3 Å². The van der Waals surface area contributed by atoms with E-state index in [1.807, 2.05) is 24.3 Å². The summed E-state index contributed by atoms with van der Waals surface area (Å²) < 4.78 is 5.09. The standard InChI is InChI=1S/C19H27NO3/c1-5-23-18(22)15-7-6-12-20(13-15)17(21)14-8-10-16(11-9-14)19(2,3)4/h8-11,15H,5-7,12-13H2,1-4H3. The number of likely N-dealkylation sites (tertiary alicyclic amines) is 1. The number of carbonyl (C=O) groups excluding carboxylic acids is 2. The Labute approximate surface area is 138 Å². The quantitative estimate of drug-likeness (QED) is 0.803. The van der Waals surface area contributed by atoms with Crippen LogP contribution >= 0.6 is 0 Å². The highest BCUT2D eigenvalue weighted by Gasteiger charge is 2.29. The van der Waals surface area contributed by atoms with Crippen LogP contribution < -0.4 is 0 Å². The van der Waals surface area contributed by atoms with E-state index in [9.17, 15) is 9.59 Å². The lowest BCUT2D eigenvalue weighted by molar-refractivity contribution is -0.149. The van der Waals surface area contributed by atoms with E-state index in [1.54, 1.807) is 11.8 Å².